The molecule has 0 amide bonds. The van der Waals surface area contributed by atoms with Crippen molar-refractivity contribution in [1.29, 1.82) is 0 Å². The van der Waals surface area contributed by atoms with Gasteiger partial charge in [-0.1, -0.05) is 37.8 Å². The molecule has 11 heteroatoms. The van der Waals surface area contributed by atoms with E-state index < -0.39 is 48.6 Å². The van der Waals surface area contributed by atoms with Crippen molar-refractivity contribution in [3.63, 3.8) is 0 Å². The Bertz CT molecular complexity index is 1290. The molecule has 2 unspecified atom stereocenters. The van der Waals surface area contributed by atoms with Gasteiger partial charge in [0.15, 0.2) is 0 Å². The van der Waals surface area contributed by atoms with Crippen LogP contribution in [0.15, 0.2) is 47.6 Å². The highest BCUT2D eigenvalue weighted by molar-refractivity contribution is 6.76. The van der Waals surface area contributed by atoms with Crippen molar-refractivity contribution < 1.29 is 33.9 Å². The van der Waals surface area contributed by atoms with Gasteiger partial charge in [-0.3, -0.25) is 19.7 Å². The van der Waals surface area contributed by atoms with Gasteiger partial charge >= 0.3 is 11.9 Å². The number of nitro groups is 1. The molecule has 2 aromatic carbocycles. The minimum atomic E-state index is -1.44. The molecule has 2 aromatic rings. The molecule has 40 heavy (non-hydrogen) atoms. The Balaban J connectivity index is 1.65. The first kappa shape index (κ1) is 29.3. The first-order chi connectivity index (χ1) is 19.0. The zero-order valence-electron chi connectivity index (χ0n) is 23.3. The van der Waals surface area contributed by atoms with Gasteiger partial charge in [-0.05, 0) is 59.8 Å². The normalized spacial score (nSPS) is 22.4. The summed E-state index contributed by atoms with van der Waals surface area (Å²) in [5.74, 6) is -3.53. The molecule has 5 rings (SSSR count). The van der Waals surface area contributed by atoms with Gasteiger partial charge in [0.25, 0.3) is 5.69 Å². The molecule has 0 saturated heterocycles. The second-order valence-corrected chi connectivity index (χ2v) is 17.2. The highest BCUT2D eigenvalue weighted by atomic mass is 28.3. The molecule has 0 heterocycles. The molecule has 2 bridgehead atoms. The lowest BCUT2D eigenvalue weighted by molar-refractivity contribution is -0.384. The molecule has 4 atom stereocenters. The molecule has 1 saturated carbocycles. The number of nitrogens with zero attached hydrogens (tertiary/aromatic N) is 2. The first-order valence-electron chi connectivity index (χ1n) is 13.6. The largest absolute Gasteiger partial charge is 0.508 e. The number of aromatic hydroxyl groups is 1. The second-order valence-electron chi connectivity index (χ2n) is 11.6. The van der Waals surface area contributed by atoms with E-state index in [1.165, 1.54) is 12.1 Å². The predicted molar refractivity (Wildman–Crippen MR) is 151 cm³/mol. The van der Waals surface area contributed by atoms with Gasteiger partial charge in [0, 0.05) is 32.0 Å². The zero-order valence-corrected chi connectivity index (χ0v) is 24.3. The number of fused-ring (bicyclic) bond motifs is 2. The molecule has 0 aromatic heterocycles. The molecular weight excluding hydrogens is 532 g/mol. The molecule has 3 aliphatic carbocycles. The van der Waals surface area contributed by atoms with Crippen LogP contribution in [0.1, 0.15) is 48.3 Å². The van der Waals surface area contributed by atoms with E-state index in [1.54, 1.807) is 30.3 Å². The summed E-state index contributed by atoms with van der Waals surface area (Å²) in [6.07, 6.45) is 1.02. The summed E-state index contributed by atoms with van der Waals surface area (Å²) < 4.78 is 11.3. The minimum absolute atomic E-state index is 0.0210. The highest BCUT2D eigenvalue weighted by Crippen LogP contribution is 2.56. The number of rotatable bonds is 11. The number of nitro benzene ring substituents is 1. The van der Waals surface area contributed by atoms with Crippen molar-refractivity contribution in [1.82, 2.24) is 0 Å². The quantitative estimate of drug-likeness (QED) is 0.162. The van der Waals surface area contributed by atoms with Crippen molar-refractivity contribution >= 4 is 31.4 Å². The van der Waals surface area contributed by atoms with E-state index in [0.717, 1.165) is 17.2 Å². The minimum Gasteiger partial charge on any atom is -0.508 e. The van der Waals surface area contributed by atoms with Crippen molar-refractivity contribution in [2.24, 2.45) is 17.0 Å². The fourth-order valence-corrected chi connectivity index (χ4v) is 6.15. The number of ether oxygens (including phenoxy) is 2. The maximum Gasteiger partial charge on any atom is 0.310 e. The average molecular weight is 569 g/mol. The van der Waals surface area contributed by atoms with Crippen molar-refractivity contribution in [3.05, 3.63) is 69.3 Å². The van der Waals surface area contributed by atoms with Gasteiger partial charge in [0.2, 0.25) is 0 Å². The van der Waals surface area contributed by atoms with Crippen LogP contribution < -0.4 is 0 Å². The van der Waals surface area contributed by atoms with E-state index in [-0.39, 0.29) is 24.7 Å². The van der Waals surface area contributed by atoms with Gasteiger partial charge in [-0.25, -0.2) is 0 Å². The first-order valence-corrected chi connectivity index (χ1v) is 17.3. The van der Waals surface area contributed by atoms with Crippen LogP contribution in [0.5, 0.6) is 5.75 Å². The number of carbonyl (C=O) groups excluding carboxylic acids is 2. The predicted octanol–water partition coefficient (Wildman–Crippen LogP) is 5.52. The van der Waals surface area contributed by atoms with Crippen molar-refractivity contribution in [2.45, 2.75) is 63.9 Å². The van der Waals surface area contributed by atoms with Crippen molar-refractivity contribution in [2.75, 3.05) is 13.2 Å². The number of hydrogen-bond donors (Lipinski definition) is 1. The number of oxime groups is 1. The van der Waals surface area contributed by atoms with E-state index >= 15 is 0 Å². The molecule has 1 N–H and O–H groups in total. The van der Waals surface area contributed by atoms with Gasteiger partial charge in [-0.15, -0.1) is 0 Å². The summed E-state index contributed by atoms with van der Waals surface area (Å²) in [6, 6.07) is 11.8. The monoisotopic (exact) mass is 568 g/mol. The maximum atomic E-state index is 13.5. The van der Waals surface area contributed by atoms with Crippen LogP contribution in [0, 0.1) is 22.0 Å². The lowest BCUT2D eigenvalue weighted by Gasteiger charge is -2.47. The Kier molecular flexibility index (Phi) is 8.92. The number of esters is 2. The lowest BCUT2D eigenvalue weighted by atomic mass is 9.55. The van der Waals surface area contributed by atoms with E-state index in [2.05, 4.69) is 24.8 Å². The fourth-order valence-electron chi connectivity index (χ4n) is 5.43. The molecular formula is C29H36N2O8Si. The average Bonchev–Trinajstić information content (AvgIpc) is 2.90. The summed E-state index contributed by atoms with van der Waals surface area (Å²) in [7, 11) is -1.44. The molecule has 0 spiro atoms. The van der Waals surface area contributed by atoms with Crippen LogP contribution in [0.25, 0.3) is 0 Å². The highest BCUT2D eigenvalue weighted by Gasteiger charge is 2.57. The van der Waals surface area contributed by atoms with E-state index in [9.17, 15) is 24.8 Å². The van der Waals surface area contributed by atoms with E-state index in [4.69, 9.17) is 14.3 Å². The number of benzene rings is 2. The van der Waals surface area contributed by atoms with Crippen molar-refractivity contribution in [3.8, 4) is 5.75 Å². The summed E-state index contributed by atoms with van der Waals surface area (Å²) in [5, 5.41) is 25.6. The Labute approximate surface area is 234 Å². The Hall–Kier alpha value is -3.73. The van der Waals surface area contributed by atoms with Gasteiger partial charge in [-0.2, -0.15) is 0 Å². The van der Waals surface area contributed by atoms with Crippen LogP contribution in [-0.4, -0.2) is 49.0 Å². The Morgan fingerprint density at radius 1 is 1.02 bits per heavy atom. The maximum absolute atomic E-state index is 13.5. The Morgan fingerprint density at radius 2 is 1.70 bits per heavy atom. The standard InChI is InChI=1S/C29H36N2O8Si/c1-5-12-37-29(34)27-25-22-15-20(32)10-11-21(22)23(26(27)28(33)38-13-14-40(2,3)4)16-24(25)30-39-17-18-6-8-19(9-7-18)31(35)36/h6-11,15,23,25-27,32H,5,12-14,16-17H2,1-4H3/t23?,25-,26?,27-/m1/s1. The molecule has 0 aliphatic heterocycles. The number of phenolic OH excluding ortho intramolecular Hbond substituents is 1. The summed E-state index contributed by atoms with van der Waals surface area (Å²) in [5.41, 5.74) is 2.85. The topological polar surface area (TPSA) is 138 Å². The smallest absolute Gasteiger partial charge is 0.310 e. The third kappa shape index (κ3) is 6.52. The van der Waals surface area contributed by atoms with Crippen LogP contribution in [0.2, 0.25) is 25.7 Å². The molecule has 1 fully saturated rings. The van der Waals surface area contributed by atoms with Gasteiger partial charge < -0.3 is 19.4 Å². The van der Waals surface area contributed by atoms with Gasteiger partial charge in [0.1, 0.15) is 12.4 Å². The van der Waals surface area contributed by atoms with Gasteiger partial charge in [0.05, 0.1) is 35.7 Å². The molecule has 10 nitrogen and oxygen atoms in total. The summed E-state index contributed by atoms with van der Waals surface area (Å²) in [4.78, 5) is 43.1. The van der Waals surface area contributed by atoms with Crippen LogP contribution in [-0.2, 0) is 30.5 Å². The van der Waals surface area contributed by atoms with Crippen LogP contribution in [0.4, 0.5) is 5.69 Å². The zero-order chi connectivity index (χ0) is 29.0. The van der Waals surface area contributed by atoms with Crippen LogP contribution >= 0.6 is 0 Å². The SMILES string of the molecule is CCCOC(=O)[C@H]1C(C(=O)OCC[Si](C)(C)C)C2CC(=NOCc3ccc([N+](=O)[O-])cc3)[C@H]1c1cc(O)ccc12. The number of carbonyl (C=O) groups is 2. The Morgan fingerprint density at radius 3 is 2.35 bits per heavy atom. The summed E-state index contributed by atoms with van der Waals surface area (Å²) in [6.45, 7) is 9.11. The van der Waals surface area contributed by atoms with Crippen LogP contribution in [0.3, 0.4) is 0 Å². The molecule has 3 aliphatic rings. The second kappa shape index (κ2) is 12.2. The van der Waals surface area contributed by atoms with E-state index in [1.807, 2.05) is 6.92 Å². The van der Waals surface area contributed by atoms with E-state index in [0.29, 0.717) is 30.7 Å². The molecule has 214 valence electrons. The number of non-ortho nitro benzene ring substituents is 1. The fraction of sp³-hybridized carbons (Fsp3) is 0.483. The third-order valence-corrected chi connectivity index (χ3v) is 9.13. The third-order valence-electron chi connectivity index (χ3n) is 7.42. The number of hydrogen-bond acceptors (Lipinski definition) is 9. The number of phenols is 1. The summed E-state index contributed by atoms with van der Waals surface area (Å²) >= 11 is 0. The molecule has 0 radical (unpaired) electrons. The lowest BCUT2D eigenvalue weighted by Crippen LogP contribution is -2.51.